The van der Waals surface area contributed by atoms with Gasteiger partial charge in [-0.05, 0) is 40.0 Å². The Kier molecular flexibility index (Phi) is 4.15. The number of ether oxygens (including phenoxy) is 1. The Morgan fingerprint density at radius 2 is 2.00 bits per heavy atom. The molecule has 2 fully saturated rings. The minimum atomic E-state index is 0.327. The summed E-state index contributed by atoms with van der Waals surface area (Å²) >= 11 is 0. The van der Waals surface area contributed by atoms with E-state index in [0.717, 1.165) is 26.1 Å². The molecule has 1 spiro atoms. The van der Waals surface area contributed by atoms with Crippen molar-refractivity contribution in [3.05, 3.63) is 0 Å². The van der Waals surface area contributed by atoms with Gasteiger partial charge in [-0.25, -0.2) is 4.99 Å². The van der Waals surface area contributed by atoms with Gasteiger partial charge in [0.1, 0.15) is 0 Å². The lowest BCUT2D eigenvalue weighted by atomic mass is 9.51. The van der Waals surface area contributed by atoms with Gasteiger partial charge in [-0.1, -0.05) is 6.42 Å². The number of rotatable bonds is 5. The van der Waals surface area contributed by atoms with E-state index in [1.54, 1.807) is 0 Å². The van der Waals surface area contributed by atoms with Crippen molar-refractivity contribution >= 4 is 5.96 Å². The van der Waals surface area contributed by atoms with Crippen LogP contribution in [0.2, 0.25) is 0 Å². The summed E-state index contributed by atoms with van der Waals surface area (Å²) in [6.07, 6.45) is 5.32. The molecular weight excluding hydrogens is 226 g/mol. The SMILES string of the molecule is CCOC1CC(N=C(N)N(CC)CC)C12CCC2. The second-order valence-corrected chi connectivity index (χ2v) is 5.44. The highest BCUT2D eigenvalue weighted by Crippen LogP contribution is 2.58. The first-order chi connectivity index (χ1) is 8.67. The molecule has 0 aromatic heterocycles. The summed E-state index contributed by atoms with van der Waals surface area (Å²) in [4.78, 5) is 6.90. The first-order valence-electron chi connectivity index (χ1n) is 7.37. The fourth-order valence-electron chi connectivity index (χ4n) is 3.37. The molecule has 0 saturated heterocycles. The maximum atomic E-state index is 6.10. The van der Waals surface area contributed by atoms with E-state index < -0.39 is 0 Å². The van der Waals surface area contributed by atoms with E-state index in [2.05, 4.69) is 25.7 Å². The van der Waals surface area contributed by atoms with Crippen LogP contribution in [0.25, 0.3) is 0 Å². The average molecular weight is 253 g/mol. The van der Waals surface area contributed by atoms with Crippen molar-refractivity contribution in [2.24, 2.45) is 16.1 Å². The van der Waals surface area contributed by atoms with Crippen LogP contribution in [0.5, 0.6) is 0 Å². The molecule has 0 heterocycles. The maximum Gasteiger partial charge on any atom is 0.191 e. The molecule has 4 heteroatoms. The van der Waals surface area contributed by atoms with E-state index in [0.29, 0.717) is 23.5 Å². The number of aliphatic imine (C=N–C) groups is 1. The van der Waals surface area contributed by atoms with Crippen molar-refractivity contribution in [3.63, 3.8) is 0 Å². The summed E-state index contributed by atoms with van der Waals surface area (Å²) < 4.78 is 5.84. The molecule has 0 radical (unpaired) electrons. The summed E-state index contributed by atoms with van der Waals surface area (Å²) in [5.41, 5.74) is 6.43. The topological polar surface area (TPSA) is 50.9 Å². The molecule has 18 heavy (non-hydrogen) atoms. The number of hydrogen-bond donors (Lipinski definition) is 1. The van der Waals surface area contributed by atoms with Gasteiger partial charge in [-0.2, -0.15) is 0 Å². The first kappa shape index (κ1) is 13.7. The highest BCUT2D eigenvalue weighted by molar-refractivity contribution is 5.78. The molecule has 0 aromatic rings. The molecule has 104 valence electrons. The van der Waals surface area contributed by atoms with Crippen LogP contribution in [0.1, 0.15) is 46.5 Å². The Labute approximate surface area is 111 Å². The highest BCUT2D eigenvalue weighted by atomic mass is 16.5. The summed E-state index contributed by atoms with van der Waals surface area (Å²) in [6.45, 7) is 8.99. The van der Waals surface area contributed by atoms with E-state index in [-0.39, 0.29) is 0 Å². The van der Waals surface area contributed by atoms with Crippen LogP contribution in [-0.2, 0) is 4.74 Å². The summed E-state index contributed by atoms with van der Waals surface area (Å²) in [5.74, 6) is 0.714. The molecule has 2 aliphatic carbocycles. The molecule has 0 aliphatic heterocycles. The molecule has 0 aromatic carbocycles. The van der Waals surface area contributed by atoms with Crippen LogP contribution in [0.15, 0.2) is 4.99 Å². The largest absolute Gasteiger partial charge is 0.378 e. The van der Waals surface area contributed by atoms with Gasteiger partial charge in [0, 0.05) is 25.1 Å². The van der Waals surface area contributed by atoms with Crippen LogP contribution in [-0.4, -0.2) is 42.7 Å². The zero-order valence-corrected chi connectivity index (χ0v) is 12.0. The van der Waals surface area contributed by atoms with Gasteiger partial charge < -0.3 is 15.4 Å². The van der Waals surface area contributed by atoms with Gasteiger partial charge in [0.15, 0.2) is 5.96 Å². The lowest BCUT2D eigenvalue weighted by Crippen LogP contribution is -2.61. The molecule has 2 saturated carbocycles. The summed E-state index contributed by atoms with van der Waals surface area (Å²) in [7, 11) is 0. The van der Waals surface area contributed by atoms with Crippen LogP contribution in [0.4, 0.5) is 0 Å². The van der Waals surface area contributed by atoms with Crippen molar-refractivity contribution in [1.29, 1.82) is 0 Å². The molecule has 2 rings (SSSR count). The van der Waals surface area contributed by atoms with Crippen molar-refractivity contribution in [2.75, 3.05) is 19.7 Å². The van der Waals surface area contributed by atoms with Crippen LogP contribution in [0, 0.1) is 5.41 Å². The van der Waals surface area contributed by atoms with Crippen molar-refractivity contribution in [1.82, 2.24) is 4.90 Å². The zero-order valence-electron chi connectivity index (χ0n) is 12.0. The predicted molar refractivity (Wildman–Crippen MR) is 74.6 cm³/mol. The molecule has 2 atom stereocenters. The van der Waals surface area contributed by atoms with Gasteiger partial charge in [0.25, 0.3) is 0 Å². The third-order valence-electron chi connectivity index (χ3n) is 4.77. The molecule has 2 unspecified atom stereocenters. The highest BCUT2D eigenvalue weighted by Gasteiger charge is 2.59. The first-order valence-corrected chi connectivity index (χ1v) is 7.37. The molecular formula is C14H27N3O. The molecule has 2 aliphatic rings. The van der Waals surface area contributed by atoms with Crippen molar-refractivity contribution < 1.29 is 4.74 Å². The third-order valence-corrected chi connectivity index (χ3v) is 4.77. The number of nitrogens with zero attached hydrogens (tertiary/aromatic N) is 2. The Balaban J connectivity index is 2.00. The Morgan fingerprint density at radius 1 is 1.33 bits per heavy atom. The monoisotopic (exact) mass is 253 g/mol. The normalized spacial score (nSPS) is 29.8. The molecule has 4 nitrogen and oxygen atoms in total. The van der Waals surface area contributed by atoms with E-state index in [1.807, 2.05) is 0 Å². The van der Waals surface area contributed by atoms with Gasteiger partial charge in [0.05, 0.1) is 12.1 Å². The Morgan fingerprint density at radius 3 is 2.44 bits per heavy atom. The number of hydrogen-bond acceptors (Lipinski definition) is 2. The zero-order chi connectivity index (χ0) is 13.2. The van der Waals surface area contributed by atoms with Gasteiger partial charge in [-0.15, -0.1) is 0 Å². The van der Waals surface area contributed by atoms with E-state index in [9.17, 15) is 0 Å². The predicted octanol–water partition coefficient (Wildman–Crippen LogP) is 1.99. The molecule has 0 amide bonds. The van der Waals surface area contributed by atoms with Crippen LogP contribution < -0.4 is 5.73 Å². The van der Waals surface area contributed by atoms with E-state index in [4.69, 9.17) is 15.5 Å². The fourth-order valence-corrected chi connectivity index (χ4v) is 3.37. The minimum absolute atomic E-state index is 0.327. The van der Waals surface area contributed by atoms with E-state index in [1.165, 1.54) is 19.3 Å². The van der Waals surface area contributed by atoms with Crippen molar-refractivity contribution in [2.45, 2.75) is 58.6 Å². The lowest BCUT2D eigenvalue weighted by molar-refractivity contribution is -0.162. The Bertz CT molecular complexity index is 308. The number of guanidine groups is 1. The quantitative estimate of drug-likeness (QED) is 0.602. The van der Waals surface area contributed by atoms with Crippen LogP contribution >= 0.6 is 0 Å². The smallest absolute Gasteiger partial charge is 0.191 e. The third kappa shape index (κ3) is 2.11. The summed E-state index contributed by atoms with van der Waals surface area (Å²) in [6, 6.07) is 0.392. The second-order valence-electron chi connectivity index (χ2n) is 5.44. The van der Waals surface area contributed by atoms with Crippen molar-refractivity contribution in [3.8, 4) is 0 Å². The number of nitrogens with two attached hydrogens (primary N) is 1. The van der Waals surface area contributed by atoms with Gasteiger partial charge in [0.2, 0.25) is 0 Å². The molecule has 0 bridgehead atoms. The van der Waals surface area contributed by atoms with Gasteiger partial charge in [-0.3, -0.25) is 0 Å². The minimum Gasteiger partial charge on any atom is -0.378 e. The van der Waals surface area contributed by atoms with Gasteiger partial charge >= 0.3 is 0 Å². The Hall–Kier alpha value is -0.770. The standard InChI is InChI=1S/C14H27N3O/c1-4-17(5-2)13(15)16-11-10-12(18-6-3)14(11)8-7-9-14/h11-12H,4-10H2,1-3H3,(H2,15,16). The lowest BCUT2D eigenvalue weighted by Gasteiger charge is -2.59. The van der Waals surface area contributed by atoms with E-state index >= 15 is 0 Å². The average Bonchev–Trinajstić information content (AvgIpc) is 2.27. The maximum absolute atomic E-state index is 6.10. The summed E-state index contributed by atoms with van der Waals surface area (Å²) in [5, 5.41) is 0. The second kappa shape index (κ2) is 5.47. The molecule has 2 N–H and O–H groups in total. The fraction of sp³-hybridized carbons (Fsp3) is 0.929. The van der Waals surface area contributed by atoms with Crippen LogP contribution in [0.3, 0.4) is 0 Å².